The first-order valence-corrected chi connectivity index (χ1v) is 7.80. The fourth-order valence-electron chi connectivity index (χ4n) is 3.05. The van der Waals surface area contributed by atoms with E-state index in [2.05, 4.69) is 0 Å². The highest BCUT2D eigenvalue weighted by Gasteiger charge is 2.21. The van der Waals surface area contributed by atoms with E-state index in [1.807, 2.05) is 48.5 Å². The lowest BCUT2D eigenvalue weighted by Gasteiger charge is -2.21. The third-order valence-corrected chi connectivity index (χ3v) is 4.18. The predicted molar refractivity (Wildman–Crippen MR) is 87.3 cm³/mol. The standard InChI is InChI=1S/C19H19NO3/c21-18(22)13-20(12-14-5-2-1-3-6-14)19(23)17-10-9-15-7-4-8-16(15)11-17/h1-3,5-6,9-11H,4,7-8,12-13H2,(H,21,22). The lowest BCUT2D eigenvalue weighted by Crippen LogP contribution is -2.35. The van der Waals surface area contributed by atoms with Crippen LogP contribution in [0.2, 0.25) is 0 Å². The molecule has 23 heavy (non-hydrogen) atoms. The quantitative estimate of drug-likeness (QED) is 0.924. The summed E-state index contributed by atoms with van der Waals surface area (Å²) in [7, 11) is 0. The van der Waals surface area contributed by atoms with Crippen LogP contribution in [0.25, 0.3) is 0 Å². The Kier molecular flexibility index (Phi) is 4.42. The average Bonchev–Trinajstić information content (AvgIpc) is 3.01. The van der Waals surface area contributed by atoms with Crippen LogP contribution in [-0.4, -0.2) is 28.4 Å². The molecule has 0 atom stereocenters. The smallest absolute Gasteiger partial charge is 0.323 e. The van der Waals surface area contributed by atoms with Gasteiger partial charge in [-0.1, -0.05) is 36.4 Å². The number of carboxylic acids is 1. The summed E-state index contributed by atoms with van der Waals surface area (Å²) in [6.45, 7) is -0.00608. The molecule has 0 bridgehead atoms. The topological polar surface area (TPSA) is 57.6 Å². The van der Waals surface area contributed by atoms with Crippen molar-refractivity contribution >= 4 is 11.9 Å². The summed E-state index contributed by atoms with van der Waals surface area (Å²) in [6.07, 6.45) is 3.18. The van der Waals surface area contributed by atoms with E-state index in [1.54, 1.807) is 0 Å². The van der Waals surface area contributed by atoms with Gasteiger partial charge in [-0.25, -0.2) is 0 Å². The van der Waals surface area contributed by atoms with Crippen molar-refractivity contribution in [2.45, 2.75) is 25.8 Å². The molecule has 0 aliphatic heterocycles. The second-order valence-corrected chi connectivity index (χ2v) is 5.88. The molecule has 0 fully saturated rings. The fraction of sp³-hybridized carbons (Fsp3) is 0.263. The van der Waals surface area contributed by atoms with E-state index in [0.717, 1.165) is 24.8 Å². The molecule has 3 rings (SSSR count). The highest BCUT2D eigenvalue weighted by Crippen LogP contribution is 2.23. The minimum Gasteiger partial charge on any atom is -0.480 e. The van der Waals surface area contributed by atoms with E-state index in [4.69, 9.17) is 5.11 Å². The molecule has 0 radical (unpaired) electrons. The maximum Gasteiger partial charge on any atom is 0.323 e. The van der Waals surface area contributed by atoms with Crippen LogP contribution in [0.4, 0.5) is 0 Å². The van der Waals surface area contributed by atoms with Crippen LogP contribution in [-0.2, 0) is 24.2 Å². The summed E-state index contributed by atoms with van der Waals surface area (Å²) in [5.74, 6) is -1.23. The van der Waals surface area contributed by atoms with Crippen LogP contribution in [0.5, 0.6) is 0 Å². The van der Waals surface area contributed by atoms with Crippen molar-refractivity contribution in [1.29, 1.82) is 0 Å². The molecule has 1 aliphatic carbocycles. The number of hydrogen-bond donors (Lipinski definition) is 1. The maximum atomic E-state index is 12.7. The van der Waals surface area contributed by atoms with Crippen molar-refractivity contribution in [2.24, 2.45) is 0 Å². The molecule has 2 aromatic rings. The fourth-order valence-corrected chi connectivity index (χ4v) is 3.05. The van der Waals surface area contributed by atoms with Gasteiger partial charge in [0.25, 0.3) is 5.91 Å². The number of carbonyl (C=O) groups excluding carboxylic acids is 1. The van der Waals surface area contributed by atoms with Crippen molar-refractivity contribution in [1.82, 2.24) is 4.90 Å². The molecule has 1 amide bonds. The van der Waals surface area contributed by atoms with Gasteiger partial charge < -0.3 is 10.0 Å². The first-order valence-electron chi connectivity index (χ1n) is 7.80. The van der Waals surface area contributed by atoms with Gasteiger partial charge in [0.15, 0.2) is 0 Å². The molecule has 1 aliphatic rings. The minimum atomic E-state index is -1.00. The summed E-state index contributed by atoms with van der Waals surface area (Å²) in [5.41, 5.74) is 4.01. The number of amides is 1. The Hall–Kier alpha value is -2.62. The second kappa shape index (κ2) is 6.65. The van der Waals surface area contributed by atoms with Gasteiger partial charge in [0.2, 0.25) is 0 Å². The zero-order chi connectivity index (χ0) is 16.2. The Labute approximate surface area is 135 Å². The van der Waals surface area contributed by atoms with Crippen LogP contribution >= 0.6 is 0 Å². The third-order valence-electron chi connectivity index (χ3n) is 4.18. The van der Waals surface area contributed by atoms with E-state index in [0.29, 0.717) is 12.1 Å². The van der Waals surface area contributed by atoms with Gasteiger partial charge >= 0.3 is 5.97 Å². The number of carboxylic acid groups (broad SMARTS) is 1. The highest BCUT2D eigenvalue weighted by molar-refractivity contribution is 5.96. The van der Waals surface area contributed by atoms with Crippen molar-refractivity contribution in [3.63, 3.8) is 0 Å². The first-order chi connectivity index (χ1) is 11.1. The summed E-state index contributed by atoms with van der Waals surface area (Å²) in [5, 5.41) is 9.12. The zero-order valence-electron chi connectivity index (χ0n) is 12.9. The highest BCUT2D eigenvalue weighted by atomic mass is 16.4. The lowest BCUT2D eigenvalue weighted by atomic mass is 10.1. The first kappa shape index (κ1) is 15.3. The van der Waals surface area contributed by atoms with Crippen molar-refractivity contribution in [3.05, 3.63) is 70.8 Å². The average molecular weight is 309 g/mol. The predicted octanol–water partition coefficient (Wildman–Crippen LogP) is 2.90. The van der Waals surface area contributed by atoms with Gasteiger partial charge in [0.1, 0.15) is 6.54 Å². The molecular weight excluding hydrogens is 290 g/mol. The Morgan fingerprint density at radius 2 is 1.74 bits per heavy atom. The molecule has 0 saturated carbocycles. The van der Waals surface area contributed by atoms with Crippen molar-refractivity contribution in [3.8, 4) is 0 Å². The number of hydrogen-bond acceptors (Lipinski definition) is 2. The molecule has 0 unspecified atom stereocenters. The van der Waals surface area contributed by atoms with Crippen LogP contribution in [0, 0.1) is 0 Å². The Bertz CT molecular complexity index is 725. The summed E-state index contributed by atoms with van der Waals surface area (Å²) >= 11 is 0. The molecule has 4 nitrogen and oxygen atoms in total. The Morgan fingerprint density at radius 1 is 1.00 bits per heavy atom. The van der Waals surface area contributed by atoms with Crippen LogP contribution < -0.4 is 0 Å². The van der Waals surface area contributed by atoms with E-state index in [-0.39, 0.29) is 12.5 Å². The minimum absolute atomic E-state index is 0.231. The number of aryl methyl sites for hydroxylation is 2. The second-order valence-electron chi connectivity index (χ2n) is 5.88. The van der Waals surface area contributed by atoms with Gasteiger partial charge in [-0.2, -0.15) is 0 Å². The van der Waals surface area contributed by atoms with E-state index < -0.39 is 5.97 Å². The lowest BCUT2D eigenvalue weighted by molar-refractivity contribution is -0.137. The van der Waals surface area contributed by atoms with Gasteiger partial charge in [-0.15, -0.1) is 0 Å². The number of nitrogens with zero attached hydrogens (tertiary/aromatic N) is 1. The summed E-state index contributed by atoms with van der Waals surface area (Å²) in [6, 6.07) is 15.2. The molecule has 0 heterocycles. The SMILES string of the molecule is O=C(O)CN(Cc1ccccc1)C(=O)c1ccc2c(c1)CCC2. The van der Waals surface area contributed by atoms with E-state index >= 15 is 0 Å². The van der Waals surface area contributed by atoms with E-state index in [1.165, 1.54) is 16.0 Å². The largest absolute Gasteiger partial charge is 0.480 e. The molecule has 0 spiro atoms. The third kappa shape index (κ3) is 3.59. The number of benzene rings is 2. The molecule has 2 aromatic carbocycles. The zero-order valence-corrected chi connectivity index (χ0v) is 12.9. The van der Waals surface area contributed by atoms with Gasteiger partial charge in [-0.3, -0.25) is 9.59 Å². The normalized spacial score (nSPS) is 12.7. The molecule has 1 N–H and O–H groups in total. The monoisotopic (exact) mass is 309 g/mol. The number of carbonyl (C=O) groups is 2. The Balaban J connectivity index is 1.83. The van der Waals surface area contributed by atoms with Crippen LogP contribution in [0.1, 0.15) is 33.5 Å². The molecule has 0 aromatic heterocycles. The summed E-state index contributed by atoms with van der Waals surface area (Å²) < 4.78 is 0. The van der Waals surface area contributed by atoms with Crippen molar-refractivity contribution < 1.29 is 14.7 Å². The van der Waals surface area contributed by atoms with Gasteiger partial charge in [0, 0.05) is 12.1 Å². The number of fused-ring (bicyclic) bond motifs is 1. The molecule has 0 saturated heterocycles. The molecular formula is C19H19NO3. The van der Waals surface area contributed by atoms with E-state index in [9.17, 15) is 9.59 Å². The maximum absolute atomic E-state index is 12.7. The van der Waals surface area contributed by atoms with Crippen LogP contribution in [0.3, 0.4) is 0 Å². The Morgan fingerprint density at radius 3 is 2.48 bits per heavy atom. The number of aliphatic carboxylic acids is 1. The summed E-state index contributed by atoms with van der Waals surface area (Å²) in [4.78, 5) is 25.3. The number of rotatable bonds is 5. The van der Waals surface area contributed by atoms with Crippen LogP contribution in [0.15, 0.2) is 48.5 Å². The van der Waals surface area contributed by atoms with Gasteiger partial charge in [-0.05, 0) is 48.1 Å². The molecule has 118 valence electrons. The molecule has 4 heteroatoms. The van der Waals surface area contributed by atoms with Crippen molar-refractivity contribution in [2.75, 3.05) is 6.54 Å². The van der Waals surface area contributed by atoms with Gasteiger partial charge in [0.05, 0.1) is 0 Å².